The fraction of sp³-hybridized carbons (Fsp3) is 0.235. The Hall–Kier alpha value is -2.36. The molecule has 0 fully saturated rings. The number of aryl methyl sites for hydroxylation is 1. The van der Waals surface area contributed by atoms with E-state index >= 15 is 0 Å². The minimum absolute atomic E-state index is 0.0913. The van der Waals surface area contributed by atoms with E-state index in [1.54, 1.807) is 31.2 Å². The summed E-state index contributed by atoms with van der Waals surface area (Å²) in [5.41, 5.74) is 2.10. The van der Waals surface area contributed by atoms with Gasteiger partial charge in [0.1, 0.15) is 11.6 Å². The lowest BCUT2D eigenvalue weighted by Gasteiger charge is -2.14. The third-order valence-corrected chi connectivity index (χ3v) is 3.30. The van der Waals surface area contributed by atoms with Crippen LogP contribution in [0.4, 0.5) is 4.39 Å². The molecule has 0 saturated heterocycles. The molecule has 0 heterocycles. The summed E-state index contributed by atoms with van der Waals surface area (Å²) in [6, 6.07) is 11.0. The molecule has 1 unspecified atom stereocenters. The van der Waals surface area contributed by atoms with E-state index in [4.69, 9.17) is 0 Å². The monoisotopic (exact) mass is 287 g/mol. The summed E-state index contributed by atoms with van der Waals surface area (Å²) in [5, 5.41) is 12.5. The van der Waals surface area contributed by atoms with Gasteiger partial charge >= 0.3 is 0 Å². The molecule has 110 valence electrons. The van der Waals surface area contributed by atoms with Gasteiger partial charge in [-0.2, -0.15) is 0 Å². The number of phenolic OH excluding ortho intramolecular Hbond substituents is 1. The van der Waals surface area contributed by atoms with Crippen LogP contribution in [0, 0.1) is 12.7 Å². The Labute approximate surface area is 123 Å². The zero-order chi connectivity index (χ0) is 15.4. The van der Waals surface area contributed by atoms with Crippen molar-refractivity contribution in [1.82, 2.24) is 5.32 Å². The van der Waals surface area contributed by atoms with E-state index in [0.29, 0.717) is 12.0 Å². The molecule has 0 saturated carbocycles. The minimum atomic E-state index is -0.273. The standard InChI is InChI=1S/C17H18FNO2/c1-11-3-6-14(10-16(11)20)17(21)19-12(2)9-13-4-7-15(18)8-5-13/h3-8,10,12,20H,9H2,1-2H3,(H,19,21). The number of hydrogen-bond donors (Lipinski definition) is 2. The number of halogens is 1. The zero-order valence-corrected chi connectivity index (χ0v) is 12.1. The van der Waals surface area contributed by atoms with E-state index in [1.165, 1.54) is 18.2 Å². The van der Waals surface area contributed by atoms with Crippen LogP contribution < -0.4 is 5.32 Å². The van der Waals surface area contributed by atoms with Crippen LogP contribution in [0.2, 0.25) is 0 Å². The lowest BCUT2D eigenvalue weighted by atomic mass is 10.1. The first kappa shape index (κ1) is 15.0. The molecule has 0 aliphatic heterocycles. The number of benzene rings is 2. The Morgan fingerprint density at radius 3 is 2.52 bits per heavy atom. The molecular weight excluding hydrogens is 269 g/mol. The van der Waals surface area contributed by atoms with E-state index < -0.39 is 0 Å². The largest absolute Gasteiger partial charge is 0.508 e. The highest BCUT2D eigenvalue weighted by molar-refractivity contribution is 5.94. The topological polar surface area (TPSA) is 49.3 Å². The average molecular weight is 287 g/mol. The number of hydrogen-bond acceptors (Lipinski definition) is 2. The molecule has 0 spiro atoms. The Bertz CT molecular complexity index is 638. The quantitative estimate of drug-likeness (QED) is 0.907. The Morgan fingerprint density at radius 1 is 1.24 bits per heavy atom. The van der Waals surface area contributed by atoms with E-state index in [1.807, 2.05) is 6.92 Å². The summed E-state index contributed by atoms with van der Waals surface area (Å²) in [5.74, 6) is -0.403. The summed E-state index contributed by atoms with van der Waals surface area (Å²) in [6.07, 6.45) is 0.615. The number of carbonyl (C=O) groups excluding carboxylic acids is 1. The van der Waals surface area contributed by atoms with Crippen LogP contribution in [0.25, 0.3) is 0 Å². The number of nitrogens with one attached hydrogen (secondary N) is 1. The van der Waals surface area contributed by atoms with E-state index in [-0.39, 0.29) is 23.5 Å². The molecule has 2 rings (SSSR count). The fourth-order valence-electron chi connectivity index (χ4n) is 2.08. The van der Waals surface area contributed by atoms with Gasteiger partial charge in [-0.05, 0) is 55.7 Å². The van der Waals surface area contributed by atoms with Crippen LogP contribution in [-0.2, 0) is 6.42 Å². The average Bonchev–Trinajstić information content (AvgIpc) is 2.44. The van der Waals surface area contributed by atoms with Crippen molar-refractivity contribution in [2.45, 2.75) is 26.3 Å². The summed E-state index contributed by atoms with van der Waals surface area (Å²) in [4.78, 5) is 12.1. The molecule has 0 radical (unpaired) electrons. The Balaban J connectivity index is 1.98. The van der Waals surface area contributed by atoms with Gasteiger partial charge in [-0.15, -0.1) is 0 Å². The Kier molecular flexibility index (Phi) is 4.58. The van der Waals surface area contributed by atoms with Crippen LogP contribution in [0.3, 0.4) is 0 Å². The van der Waals surface area contributed by atoms with Gasteiger partial charge in [0, 0.05) is 11.6 Å². The number of rotatable bonds is 4. The zero-order valence-electron chi connectivity index (χ0n) is 12.1. The molecule has 0 aromatic heterocycles. The number of amides is 1. The molecule has 4 heteroatoms. The summed E-state index contributed by atoms with van der Waals surface area (Å²) in [6.45, 7) is 3.66. The van der Waals surface area contributed by atoms with Gasteiger partial charge in [-0.3, -0.25) is 4.79 Å². The molecule has 2 aromatic carbocycles. The number of aromatic hydroxyl groups is 1. The van der Waals surface area contributed by atoms with Crippen molar-refractivity contribution in [2.75, 3.05) is 0 Å². The molecule has 1 amide bonds. The van der Waals surface area contributed by atoms with Crippen molar-refractivity contribution in [3.63, 3.8) is 0 Å². The van der Waals surface area contributed by atoms with Gasteiger partial charge < -0.3 is 10.4 Å². The third kappa shape index (κ3) is 4.05. The summed E-state index contributed by atoms with van der Waals surface area (Å²) in [7, 11) is 0. The lowest BCUT2D eigenvalue weighted by Crippen LogP contribution is -2.34. The Morgan fingerprint density at radius 2 is 1.90 bits per heavy atom. The van der Waals surface area contributed by atoms with Gasteiger partial charge in [0.05, 0.1) is 0 Å². The highest BCUT2D eigenvalue weighted by atomic mass is 19.1. The first-order valence-electron chi connectivity index (χ1n) is 6.80. The summed E-state index contributed by atoms with van der Waals surface area (Å²) >= 11 is 0. The normalized spacial score (nSPS) is 12.0. The van der Waals surface area contributed by atoms with Crippen molar-refractivity contribution in [2.24, 2.45) is 0 Å². The van der Waals surface area contributed by atoms with Crippen molar-refractivity contribution < 1.29 is 14.3 Å². The molecule has 2 N–H and O–H groups in total. The molecule has 2 aromatic rings. The van der Waals surface area contributed by atoms with Crippen molar-refractivity contribution in [3.8, 4) is 5.75 Å². The van der Waals surface area contributed by atoms with Gasteiger partial charge in [-0.25, -0.2) is 4.39 Å². The van der Waals surface area contributed by atoms with Crippen LogP contribution in [-0.4, -0.2) is 17.1 Å². The first-order valence-corrected chi connectivity index (χ1v) is 6.80. The molecule has 0 aliphatic carbocycles. The predicted molar refractivity (Wildman–Crippen MR) is 79.9 cm³/mol. The molecule has 21 heavy (non-hydrogen) atoms. The molecule has 1 atom stereocenters. The first-order chi connectivity index (χ1) is 9.95. The lowest BCUT2D eigenvalue weighted by molar-refractivity contribution is 0.0939. The second-order valence-electron chi connectivity index (χ2n) is 5.21. The van der Waals surface area contributed by atoms with Gasteiger partial charge in [0.25, 0.3) is 5.91 Å². The maximum atomic E-state index is 12.8. The molecule has 0 aliphatic rings. The highest BCUT2D eigenvalue weighted by Gasteiger charge is 2.11. The van der Waals surface area contributed by atoms with Crippen molar-refractivity contribution in [1.29, 1.82) is 0 Å². The van der Waals surface area contributed by atoms with E-state index in [9.17, 15) is 14.3 Å². The fourth-order valence-corrected chi connectivity index (χ4v) is 2.08. The molecular formula is C17H18FNO2. The second-order valence-corrected chi connectivity index (χ2v) is 5.21. The van der Waals surface area contributed by atoms with Gasteiger partial charge in [0.2, 0.25) is 0 Å². The maximum absolute atomic E-state index is 12.8. The minimum Gasteiger partial charge on any atom is -0.508 e. The van der Waals surface area contributed by atoms with E-state index in [2.05, 4.69) is 5.32 Å². The third-order valence-electron chi connectivity index (χ3n) is 3.30. The number of carbonyl (C=O) groups is 1. The van der Waals surface area contributed by atoms with Crippen molar-refractivity contribution >= 4 is 5.91 Å². The van der Waals surface area contributed by atoms with Crippen LogP contribution >= 0.6 is 0 Å². The molecule has 3 nitrogen and oxygen atoms in total. The maximum Gasteiger partial charge on any atom is 0.251 e. The van der Waals surface area contributed by atoms with Gasteiger partial charge in [0.15, 0.2) is 0 Å². The van der Waals surface area contributed by atoms with Crippen molar-refractivity contribution in [3.05, 3.63) is 65.0 Å². The van der Waals surface area contributed by atoms with Crippen LogP contribution in [0.15, 0.2) is 42.5 Å². The summed E-state index contributed by atoms with van der Waals surface area (Å²) < 4.78 is 12.8. The van der Waals surface area contributed by atoms with Gasteiger partial charge in [-0.1, -0.05) is 18.2 Å². The van der Waals surface area contributed by atoms with E-state index in [0.717, 1.165) is 11.1 Å². The van der Waals surface area contributed by atoms with Crippen LogP contribution in [0.5, 0.6) is 5.75 Å². The van der Waals surface area contributed by atoms with Crippen LogP contribution in [0.1, 0.15) is 28.4 Å². The predicted octanol–water partition coefficient (Wildman–Crippen LogP) is 3.20. The number of phenols is 1. The molecule has 0 bridgehead atoms. The second kappa shape index (κ2) is 6.39. The SMILES string of the molecule is Cc1ccc(C(=O)NC(C)Cc2ccc(F)cc2)cc1O. The highest BCUT2D eigenvalue weighted by Crippen LogP contribution is 2.17. The smallest absolute Gasteiger partial charge is 0.251 e.